The Kier molecular flexibility index (Phi) is 6.96. The molecule has 0 N–H and O–H groups in total. The van der Waals surface area contributed by atoms with Crippen LogP contribution in [0.1, 0.15) is 18.1 Å². The lowest BCUT2D eigenvalue weighted by atomic mass is 10.0. The van der Waals surface area contributed by atoms with Gasteiger partial charge in [0.2, 0.25) is 0 Å². The highest BCUT2D eigenvalue weighted by Crippen LogP contribution is 2.34. The van der Waals surface area contributed by atoms with Crippen molar-refractivity contribution in [3.05, 3.63) is 96.3 Å². The first-order valence-corrected chi connectivity index (χ1v) is 9.41. The summed E-state index contributed by atoms with van der Waals surface area (Å²) in [5, 5.41) is 0.697. The molecule has 0 aromatic heterocycles. The number of fused-ring (bicyclic) bond motifs is 1. The lowest BCUT2D eigenvalue weighted by Gasteiger charge is -2.09. The number of hydrogen-bond donors (Lipinski definition) is 0. The van der Waals surface area contributed by atoms with E-state index in [4.69, 9.17) is 9.47 Å². The van der Waals surface area contributed by atoms with Gasteiger partial charge in [-0.15, -0.1) is 0 Å². The second-order valence-electron chi connectivity index (χ2n) is 6.44. The van der Waals surface area contributed by atoms with E-state index < -0.39 is 23.0 Å². The molecule has 30 heavy (non-hydrogen) atoms. The number of ether oxygens (including phenoxy) is 2. The zero-order chi connectivity index (χ0) is 21.5. The average Bonchev–Trinajstić information content (AvgIpc) is 2.77. The molecular formula is C25H21F3O2. The Morgan fingerprint density at radius 1 is 0.900 bits per heavy atom. The summed E-state index contributed by atoms with van der Waals surface area (Å²) >= 11 is 0. The smallest absolute Gasteiger partial charge is 0.169 e. The molecule has 0 unspecified atom stereocenters. The van der Waals surface area contributed by atoms with Crippen molar-refractivity contribution in [3.8, 4) is 11.5 Å². The normalized spacial score (nSPS) is 12.1. The first-order chi connectivity index (χ1) is 14.5. The predicted molar refractivity (Wildman–Crippen MR) is 115 cm³/mol. The van der Waals surface area contributed by atoms with Gasteiger partial charge in [0.15, 0.2) is 11.7 Å². The van der Waals surface area contributed by atoms with Gasteiger partial charge in [-0.2, -0.15) is 0 Å². The van der Waals surface area contributed by atoms with E-state index in [1.807, 2.05) is 19.1 Å². The van der Waals surface area contributed by atoms with Crippen LogP contribution in [0.3, 0.4) is 0 Å². The second kappa shape index (κ2) is 9.83. The van der Waals surface area contributed by atoms with Crippen molar-refractivity contribution < 1.29 is 22.6 Å². The Bertz CT molecular complexity index is 1100. The lowest BCUT2D eigenvalue weighted by Crippen LogP contribution is -1.95. The minimum Gasteiger partial charge on any atom is -0.490 e. The predicted octanol–water partition coefficient (Wildman–Crippen LogP) is 7.26. The van der Waals surface area contributed by atoms with Gasteiger partial charge >= 0.3 is 0 Å². The van der Waals surface area contributed by atoms with Crippen molar-refractivity contribution in [2.75, 3.05) is 13.2 Å². The van der Waals surface area contributed by atoms with Crippen LogP contribution in [0, 0.1) is 5.82 Å². The van der Waals surface area contributed by atoms with E-state index in [-0.39, 0.29) is 10.9 Å². The van der Waals surface area contributed by atoms with E-state index in [0.717, 1.165) is 0 Å². The first kappa shape index (κ1) is 21.2. The summed E-state index contributed by atoms with van der Waals surface area (Å²) in [4.78, 5) is 0. The topological polar surface area (TPSA) is 18.5 Å². The third-order valence-corrected chi connectivity index (χ3v) is 4.41. The molecule has 0 radical (unpaired) electrons. The SMILES string of the molecule is C=CCOc1ccc2c(F)c(C(F)=C(F)c3ccc(OCC=CC)cc3)ccc2c1. The maximum atomic E-state index is 14.9. The first-order valence-electron chi connectivity index (χ1n) is 9.41. The van der Waals surface area contributed by atoms with Gasteiger partial charge in [0.05, 0.1) is 0 Å². The van der Waals surface area contributed by atoms with Gasteiger partial charge in [-0.25, -0.2) is 13.2 Å². The number of hydrogen-bond acceptors (Lipinski definition) is 2. The summed E-state index contributed by atoms with van der Waals surface area (Å²) in [7, 11) is 0. The lowest BCUT2D eigenvalue weighted by molar-refractivity contribution is 0.362. The van der Waals surface area contributed by atoms with Crippen LogP contribution in [0.25, 0.3) is 22.4 Å². The molecular weight excluding hydrogens is 389 g/mol. The zero-order valence-corrected chi connectivity index (χ0v) is 16.5. The Labute approximate surface area is 173 Å². The van der Waals surface area contributed by atoms with Gasteiger partial charge in [0.25, 0.3) is 0 Å². The van der Waals surface area contributed by atoms with Crippen LogP contribution in [0.5, 0.6) is 11.5 Å². The minimum atomic E-state index is -1.26. The maximum Gasteiger partial charge on any atom is 0.169 e. The molecule has 3 aromatic rings. The Balaban J connectivity index is 1.90. The van der Waals surface area contributed by atoms with E-state index in [0.29, 0.717) is 30.1 Å². The molecule has 0 fully saturated rings. The van der Waals surface area contributed by atoms with Gasteiger partial charge in [-0.05, 0) is 60.8 Å². The number of halogens is 3. The average molecular weight is 410 g/mol. The van der Waals surface area contributed by atoms with Crippen LogP contribution < -0.4 is 9.47 Å². The summed E-state index contributed by atoms with van der Waals surface area (Å²) in [6.45, 7) is 6.13. The molecule has 0 aliphatic heterocycles. The summed E-state index contributed by atoms with van der Waals surface area (Å²) in [5.74, 6) is -2.17. The molecule has 0 bridgehead atoms. The van der Waals surface area contributed by atoms with Crippen LogP contribution >= 0.6 is 0 Å². The Hall–Kier alpha value is -3.47. The molecule has 0 amide bonds. The second-order valence-corrected chi connectivity index (χ2v) is 6.44. The fraction of sp³-hybridized carbons (Fsp3) is 0.120. The monoisotopic (exact) mass is 410 g/mol. The van der Waals surface area contributed by atoms with Crippen LogP contribution in [-0.4, -0.2) is 13.2 Å². The van der Waals surface area contributed by atoms with Crippen LogP contribution in [0.4, 0.5) is 13.2 Å². The molecule has 0 heterocycles. The minimum absolute atomic E-state index is 0.00134. The molecule has 5 heteroatoms. The molecule has 0 aliphatic carbocycles. The molecule has 0 atom stereocenters. The number of rotatable bonds is 8. The highest BCUT2D eigenvalue weighted by Gasteiger charge is 2.17. The van der Waals surface area contributed by atoms with Gasteiger partial charge in [-0.1, -0.05) is 30.9 Å². The third-order valence-electron chi connectivity index (χ3n) is 4.41. The summed E-state index contributed by atoms with van der Waals surface area (Å²) in [5.41, 5.74) is -0.438. The largest absolute Gasteiger partial charge is 0.490 e. The molecule has 0 aliphatic rings. The Morgan fingerprint density at radius 2 is 1.60 bits per heavy atom. The van der Waals surface area contributed by atoms with Crippen LogP contribution in [-0.2, 0) is 0 Å². The van der Waals surface area contributed by atoms with E-state index in [2.05, 4.69) is 6.58 Å². The van der Waals surface area contributed by atoms with Crippen molar-refractivity contribution >= 4 is 22.4 Å². The van der Waals surface area contributed by atoms with Gasteiger partial charge in [0.1, 0.15) is 30.5 Å². The van der Waals surface area contributed by atoms with E-state index in [1.54, 1.807) is 18.2 Å². The third kappa shape index (κ3) is 4.74. The fourth-order valence-electron chi connectivity index (χ4n) is 2.87. The van der Waals surface area contributed by atoms with Gasteiger partial charge in [0, 0.05) is 16.5 Å². The highest BCUT2D eigenvalue weighted by molar-refractivity contribution is 5.91. The quantitative estimate of drug-likeness (QED) is 0.287. The molecule has 2 nitrogen and oxygen atoms in total. The van der Waals surface area contributed by atoms with Crippen molar-refractivity contribution in [2.24, 2.45) is 0 Å². The molecule has 154 valence electrons. The van der Waals surface area contributed by atoms with E-state index in [9.17, 15) is 13.2 Å². The summed E-state index contributed by atoms with van der Waals surface area (Å²) in [6.07, 6.45) is 5.27. The fourth-order valence-corrected chi connectivity index (χ4v) is 2.87. The maximum absolute atomic E-state index is 14.9. The summed E-state index contributed by atoms with van der Waals surface area (Å²) in [6, 6.07) is 13.3. The van der Waals surface area contributed by atoms with E-state index >= 15 is 0 Å². The van der Waals surface area contributed by atoms with Crippen LogP contribution in [0.15, 0.2) is 79.4 Å². The standard InChI is InChI=1S/C25H21F3O2/c1-3-5-15-30-19-9-6-17(7-10-19)23(26)25(28)22-12-8-18-16-20(29-14-4-2)11-13-21(18)24(22)27/h3-13,16H,2,14-15H2,1H3. The van der Waals surface area contributed by atoms with Crippen molar-refractivity contribution in [1.29, 1.82) is 0 Å². The zero-order valence-electron chi connectivity index (χ0n) is 16.5. The number of allylic oxidation sites excluding steroid dienone is 1. The molecule has 0 spiro atoms. The van der Waals surface area contributed by atoms with Crippen LogP contribution in [0.2, 0.25) is 0 Å². The van der Waals surface area contributed by atoms with Crippen molar-refractivity contribution in [1.82, 2.24) is 0 Å². The van der Waals surface area contributed by atoms with Gasteiger partial charge < -0.3 is 9.47 Å². The van der Waals surface area contributed by atoms with Crippen molar-refractivity contribution in [3.63, 3.8) is 0 Å². The molecule has 0 saturated carbocycles. The van der Waals surface area contributed by atoms with E-state index in [1.165, 1.54) is 42.5 Å². The van der Waals surface area contributed by atoms with Gasteiger partial charge in [-0.3, -0.25) is 0 Å². The number of benzene rings is 3. The Morgan fingerprint density at radius 3 is 2.30 bits per heavy atom. The molecule has 3 rings (SSSR count). The molecule has 0 saturated heterocycles. The molecule has 3 aromatic carbocycles. The van der Waals surface area contributed by atoms with Crippen molar-refractivity contribution in [2.45, 2.75) is 6.92 Å². The highest BCUT2D eigenvalue weighted by atomic mass is 19.2. The summed E-state index contributed by atoms with van der Waals surface area (Å²) < 4.78 is 55.2.